The fraction of sp³-hybridized carbons (Fsp3) is 1.00. The highest BCUT2D eigenvalue weighted by Gasteiger charge is 2.27. The zero-order valence-corrected chi connectivity index (χ0v) is 6.44. The van der Waals surface area contributed by atoms with Gasteiger partial charge < -0.3 is 0 Å². The third-order valence-electron chi connectivity index (χ3n) is 1.54. The average Bonchev–Trinajstić information content (AvgIpc) is 1.84. The number of hydrogen-bond acceptors (Lipinski definition) is 0. The van der Waals surface area contributed by atoms with Crippen molar-refractivity contribution in [3.8, 4) is 0 Å². The SMILES string of the molecule is CC(C)C(F)C(C)C(F)F. The zero-order chi connectivity index (χ0) is 8.31. The zero-order valence-electron chi connectivity index (χ0n) is 6.44. The van der Waals surface area contributed by atoms with Gasteiger partial charge in [-0.05, 0) is 5.92 Å². The van der Waals surface area contributed by atoms with Gasteiger partial charge >= 0.3 is 0 Å². The Bertz CT molecular complexity index is 78.9. The first-order chi connectivity index (χ1) is 4.46. The lowest BCUT2D eigenvalue weighted by atomic mass is 9.97. The molecule has 0 aromatic rings. The van der Waals surface area contributed by atoms with Gasteiger partial charge in [-0.2, -0.15) is 0 Å². The molecule has 0 radical (unpaired) electrons. The van der Waals surface area contributed by atoms with Crippen molar-refractivity contribution in [3.63, 3.8) is 0 Å². The minimum atomic E-state index is -2.54. The van der Waals surface area contributed by atoms with Crippen LogP contribution in [0.3, 0.4) is 0 Å². The van der Waals surface area contributed by atoms with Crippen LogP contribution in [0.1, 0.15) is 20.8 Å². The van der Waals surface area contributed by atoms with Gasteiger partial charge in [-0.3, -0.25) is 0 Å². The van der Waals surface area contributed by atoms with Crippen molar-refractivity contribution in [3.05, 3.63) is 0 Å². The summed E-state index contributed by atoms with van der Waals surface area (Å²) < 4.78 is 36.3. The van der Waals surface area contributed by atoms with Crippen molar-refractivity contribution in [1.82, 2.24) is 0 Å². The molecule has 0 bridgehead atoms. The van der Waals surface area contributed by atoms with E-state index in [9.17, 15) is 13.2 Å². The lowest BCUT2D eigenvalue weighted by molar-refractivity contribution is 0.0228. The molecule has 0 fully saturated rings. The predicted octanol–water partition coefficient (Wildman–Crippen LogP) is 2.88. The number of halogens is 3. The Labute approximate surface area is 59.4 Å². The highest BCUT2D eigenvalue weighted by molar-refractivity contribution is 4.69. The molecule has 0 aliphatic carbocycles. The Morgan fingerprint density at radius 3 is 1.40 bits per heavy atom. The van der Waals surface area contributed by atoms with E-state index in [0.29, 0.717) is 0 Å². The number of rotatable bonds is 3. The summed E-state index contributed by atoms with van der Waals surface area (Å²) >= 11 is 0. The highest BCUT2D eigenvalue weighted by Crippen LogP contribution is 2.21. The van der Waals surface area contributed by atoms with E-state index in [1.54, 1.807) is 13.8 Å². The highest BCUT2D eigenvalue weighted by atomic mass is 19.3. The molecule has 0 amide bonds. The lowest BCUT2D eigenvalue weighted by Gasteiger charge is -2.18. The van der Waals surface area contributed by atoms with E-state index in [0.717, 1.165) is 0 Å². The predicted molar refractivity (Wildman–Crippen MR) is 34.9 cm³/mol. The van der Waals surface area contributed by atoms with Gasteiger partial charge in [0.25, 0.3) is 0 Å². The van der Waals surface area contributed by atoms with E-state index in [1.807, 2.05) is 0 Å². The molecule has 0 heterocycles. The Balaban J connectivity index is 3.81. The second-order valence-corrected chi connectivity index (χ2v) is 2.88. The molecule has 0 N–H and O–H groups in total. The summed E-state index contributed by atoms with van der Waals surface area (Å²) in [6.07, 6.45) is -3.93. The molecule has 0 aliphatic heterocycles. The molecule has 62 valence electrons. The van der Waals surface area contributed by atoms with Gasteiger partial charge in [-0.25, -0.2) is 13.2 Å². The van der Waals surface area contributed by atoms with Crippen molar-refractivity contribution in [1.29, 1.82) is 0 Å². The van der Waals surface area contributed by atoms with Gasteiger partial charge in [-0.15, -0.1) is 0 Å². The van der Waals surface area contributed by atoms with Gasteiger partial charge in [0.15, 0.2) is 0 Å². The molecule has 2 unspecified atom stereocenters. The van der Waals surface area contributed by atoms with Crippen LogP contribution in [0, 0.1) is 11.8 Å². The molecular formula is C7H13F3. The second kappa shape index (κ2) is 3.84. The molecule has 0 nitrogen and oxygen atoms in total. The summed E-state index contributed by atoms with van der Waals surface area (Å²) in [5.41, 5.74) is 0. The molecule has 0 spiro atoms. The van der Waals surface area contributed by atoms with E-state index in [-0.39, 0.29) is 5.92 Å². The molecule has 0 aromatic carbocycles. The van der Waals surface area contributed by atoms with Crippen LogP contribution in [0.2, 0.25) is 0 Å². The summed E-state index contributed by atoms with van der Waals surface area (Å²) in [4.78, 5) is 0. The molecule has 2 atom stereocenters. The fourth-order valence-electron chi connectivity index (χ4n) is 0.746. The van der Waals surface area contributed by atoms with E-state index in [4.69, 9.17) is 0 Å². The summed E-state index contributed by atoms with van der Waals surface area (Å²) in [7, 11) is 0. The van der Waals surface area contributed by atoms with Crippen molar-refractivity contribution >= 4 is 0 Å². The maximum absolute atomic E-state index is 12.7. The molecule has 10 heavy (non-hydrogen) atoms. The van der Waals surface area contributed by atoms with E-state index in [2.05, 4.69) is 0 Å². The van der Waals surface area contributed by atoms with Crippen LogP contribution in [0.15, 0.2) is 0 Å². The Hall–Kier alpha value is -0.210. The van der Waals surface area contributed by atoms with E-state index >= 15 is 0 Å². The Kier molecular flexibility index (Phi) is 3.76. The quantitative estimate of drug-likeness (QED) is 0.586. The van der Waals surface area contributed by atoms with Crippen molar-refractivity contribution in [2.45, 2.75) is 33.4 Å². The third-order valence-corrected chi connectivity index (χ3v) is 1.54. The Morgan fingerprint density at radius 2 is 1.30 bits per heavy atom. The van der Waals surface area contributed by atoms with E-state index < -0.39 is 18.5 Å². The van der Waals surface area contributed by atoms with Crippen LogP contribution in [0.5, 0.6) is 0 Å². The first-order valence-electron chi connectivity index (χ1n) is 3.39. The normalized spacial score (nSPS) is 18.0. The third kappa shape index (κ3) is 2.58. The molecule has 0 rings (SSSR count). The van der Waals surface area contributed by atoms with E-state index in [1.165, 1.54) is 6.92 Å². The van der Waals surface area contributed by atoms with Crippen molar-refractivity contribution < 1.29 is 13.2 Å². The van der Waals surface area contributed by atoms with Crippen LogP contribution < -0.4 is 0 Å². The van der Waals surface area contributed by atoms with Crippen LogP contribution in [-0.4, -0.2) is 12.6 Å². The van der Waals surface area contributed by atoms with Gasteiger partial charge in [0.2, 0.25) is 6.43 Å². The Morgan fingerprint density at radius 1 is 0.900 bits per heavy atom. The second-order valence-electron chi connectivity index (χ2n) is 2.88. The van der Waals surface area contributed by atoms with Crippen LogP contribution in [0.25, 0.3) is 0 Å². The standard InChI is InChI=1S/C7H13F3/c1-4(2)6(8)5(3)7(9)10/h4-7H,1-3H3. The van der Waals surface area contributed by atoms with Gasteiger partial charge in [0, 0.05) is 5.92 Å². The minimum Gasteiger partial charge on any atom is -0.247 e. The maximum Gasteiger partial charge on any atom is 0.243 e. The summed E-state index contributed by atoms with van der Waals surface area (Å²) in [6.45, 7) is 4.43. The molecule has 3 heteroatoms. The summed E-state index contributed by atoms with van der Waals surface area (Å²) in [5, 5.41) is 0. The minimum absolute atomic E-state index is 0.316. The molecule has 0 saturated heterocycles. The monoisotopic (exact) mass is 154 g/mol. The number of hydrogen-bond donors (Lipinski definition) is 0. The first-order valence-corrected chi connectivity index (χ1v) is 3.39. The molecule has 0 aliphatic rings. The van der Waals surface area contributed by atoms with Crippen molar-refractivity contribution in [2.75, 3.05) is 0 Å². The first kappa shape index (κ1) is 9.79. The molecule has 0 aromatic heterocycles. The van der Waals surface area contributed by atoms with Crippen LogP contribution >= 0.6 is 0 Å². The molecule has 0 saturated carbocycles. The smallest absolute Gasteiger partial charge is 0.243 e. The van der Waals surface area contributed by atoms with Crippen molar-refractivity contribution in [2.24, 2.45) is 11.8 Å². The largest absolute Gasteiger partial charge is 0.247 e. The lowest BCUT2D eigenvalue weighted by Crippen LogP contribution is -2.24. The average molecular weight is 154 g/mol. The van der Waals surface area contributed by atoms with Crippen LogP contribution in [-0.2, 0) is 0 Å². The van der Waals surface area contributed by atoms with Crippen LogP contribution in [0.4, 0.5) is 13.2 Å². The topological polar surface area (TPSA) is 0 Å². The van der Waals surface area contributed by atoms with Gasteiger partial charge in [0.05, 0.1) is 0 Å². The maximum atomic E-state index is 12.7. The molecular weight excluding hydrogens is 141 g/mol. The number of alkyl halides is 3. The summed E-state index contributed by atoms with van der Waals surface area (Å²) in [5.74, 6) is -1.45. The fourth-order valence-corrected chi connectivity index (χ4v) is 0.746. The summed E-state index contributed by atoms with van der Waals surface area (Å²) in [6, 6.07) is 0. The van der Waals surface area contributed by atoms with Gasteiger partial charge in [0.1, 0.15) is 6.17 Å². The van der Waals surface area contributed by atoms with Gasteiger partial charge in [-0.1, -0.05) is 20.8 Å².